The number of hydrogen-bond donors (Lipinski definition) is 1. The fourth-order valence-electron chi connectivity index (χ4n) is 3.23. The number of nitrogens with zero attached hydrogens (tertiary/aromatic N) is 3. The van der Waals surface area contributed by atoms with Crippen LogP contribution in [0.4, 0.5) is 4.79 Å². The predicted octanol–water partition coefficient (Wildman–Crippen LogP) is 3.46. The number of likely N-dealkylation sites (tertiary alicyclic amines) is 1. The smallest absolute Gasteiger partial charge is 0.410 e. The molecule has 4 heterocycles. The zero-order valence-corrected chi connectivity index (χ0v) is 16.9. The molecule has 1 amide bonds. The Morgan fingerprint density at radius 2 is 2.14 bits per heavy atom. The van der Waals surface area contributed by atoms with E-state index >= 15 is 0 Å². The summed E-state index contributed by atoms with van der Waals surface area (Å²) in [7, 11) is 0. The highest BCUT2D eigenvalue weighted by Crippen LogP contribution is 2.29. The van der Waals surface area contributed by atoms with Crippen molar-refractivity contribution in [2.75, 3.05) is 13.1 Å². The lowest BCUT2D eigenvalue weighted by Crippen LogP contribution is -2.52. The Balaban J connectivity index is 1.51. The Labute approximate surface area is 166 Å². The summed E-state index contributed by atoms with van der Waals surface area (Å²) in [5, 5.41) is 1.99. The second-order valence-corrected chi connectivity index (χ2v) is 8.90. The highest BCUT2D eigenvalue weighted by atomic mass is 32.1. The maximum Gasteiger partial charge on any atom is 0.410 e. The minimum atomic E-state index is -0.488. The maximum absolute atomic E-state index is 12.4. The number of hydrogen-bond acceptors (Lipinski definition) is 6. The summed E-state index contributed by atoms with van der Waals surface area (Å²) in [5.41, 5.74) is 1.77. The van der Waals surface area contributed by atoms with E-state index in [9.17, 15) is 9.59 Å². The number of H-pyrrole nitrogens is 1. The van der Waals surface area contributed by atoms with Gasteiger partial charge in [0.05, 0.1) is 5.52 Å². The van der Waals surface area contributed by atoms with Gasteiger partial charge in [0.25, 0.3) is 5.56 Å². The number of amides is 1. The Bertz CT molecular complexity index is 1060. The molecule has 3 aromatic heterocycles. The van der Waals surface area contributed by atoms with Crippen LogP contribution >= 0.6 is 11.3 Å². The fraction of sp³-hybridized carbons (Fsp3) is 0.400. The molecule has 3 aromatic rings. The normalized spacial score (nSPS) is 14.9. The van der Waals surface area contributed by atoms with E-state index in [-0.39, 0.29) is 11.7 Å². The lowest BCUT2D eigenvalue weighted by atomic mass is 9.93. The summed E-state index contributed by atoms with van der Waals surface area (Å²) < 4.78 is 6.02. The largest absolute Gasteiger partial charge is 0.444 e. The summed E-state index contributed by atoms with van der Waals surface area (Å²) in [6.45, 7) is 6.90. The minimum absolute atomic E-state index is 0.147. The van der Waals surface area contributed by atoms with Crippen LogP contribution in [0.3, 0.4) is 0 Å². The van der Waals surface area contributed by atoms with Crippen molar-refractivity contribution in [3.8, 4) is 11.5 Å². The highest BCUT2D eigenvalue weighted by molar-refractivity contribution is 7.17. The lowest BCUT2D eigenvalue weighted by molar-refractivity contribution is -0.000829. The quantitative estimate of drug-likeness (QED) is 0.730. The molecule has 1 saturated heterocycles. The van der Waals surface area contributed by atoms with Crippen molar-refractivity contribution < 1.29 is 9.53 Å². The molecule has 1 fully saturated rings. The van der Waals surface area contributed by atoms with Gasteiger partial charge in [0.1, 0.15) is 16.0 Å². The van der Waals surface area contributed by atoms with Gasteiger partial charge in [-0.3, -0.25) is 9.78 Å². The van der Waals surface area contributed by atoms with Crippen LogP contribution in [-0.4, -0.2) is 44.6 Å². The van der Waals surface area contributed by atoms with Gasteiger partial charge in [-0.2, -0.15) is 0 Å². The van der Waals surface area contributed by atoms with Crippen LogP contribution in [0.15, 0.2) is 34.6 Å². The molecule has 0 saturated carbocycles. The third-order valence-corrected chi connectivity index (χ3v) is 5.54. The zero-order valence-electron chi connectivity index (χ0n) is 16.1. The molecule has 0 aliphatic carbocycles. The number of thiophene rings is 1. The second kappa shape index (κ2) is 7.01. The third-order valence-electron chi connectivity index (χ3n) is 4.53. The molecule has 4 rings (SSSR count). The van der Waals surface area contributed by atoms with E-state index < -0.39 is 5.60 Å². The number of nitrogens with one attached hydrogen (secondary N) is 1. The fourth-order valence-corrected chi connectivity index (χ4v) is 4.14. The summed E-state index contributed by atoms with van der Waals surface area (Å²) in [6.07, 6.45) is 2.18. The maximum atomic E-state index is 12.4. The van der Waals surface area contributed by atoms with Gasteiger partial charge >= 0.3 is 6.09 Å². The van der Waals surface area contributed by atoms with Gasteiger partial charge < -0.3 is 14.6 Å². The van der Waals surface area contributed by atoms with Crippen molar-refractivity contribution in [3.63, 3.8) is 0 Å². The standard InChI is InChI=1S/C20H22N4O3S/c1-20(2,3)27-19(26)24-9-12(10-24)8-13-11-28-16-15(13)22-17(23-18(16)25)14-6-4-5-7-21-14/h4-7,11-12H,8-10H2,1-3H3,(H,22,23,25). The van der Waals surface area contributed by atoms with Gasteiger partial charge in [0, 0.05) is 19.3 Å². The molecule has 7 nitrogen and oxygen atoms in total. The number of carbonyl (C=O) groups excluding carboxylic acids is 1. The van der Waals surface area contributed by atoms with E-state index in [2.05, 4.69) is 15.0 Å². The number of aromatic amines is 1. The second-order valence-electron chi connectivity index (χ2n) is 8.02. The van der Waals surface area contributed by atoms with Gasteiger partial charge in [0.2, 0.25) is 0 Å². The Morgan fingerprint density at radius 1 is 1.36 bits per heavy atom. The molecule has 0 atom stereocenters. The highest BCUT2D eigenvalue weighted by Gasteiger charge is 2.34. The predicted molar refractivity (Wildman–Crippen MR) is 108 cm³/mol. The molecule has 28 heavy (non-hydrogen) atoms. The topological polar surface area (TPSA) is 88.2 Å². The minimum Gasteiger partial charge on any atom is -0.444 e. The number of ether oxygens (including phenoxy) is 1. The van der Waals surface area contributed by atoms with Gasteiger partial charge in [0.15, 0.2) is 5.82 Å². The van der Waals surface area contributed by atoms with Crippen LogP contribution in [0.1, 0.15) is 26.3 Å². The molecule has 146 valence electrons. The Morgan fingerprint density at radius 3 is 2.82 bits per heavy atom. The van der Waals surface area contributed by atoms with E-state index in [0.717, 1.165) is 17.5 Å². The first kappa shape index (κ1) is 18.6. The van der Waals surface area contributed by atoms with E-state index in [1.165, 1.54) is 11.3 Å². The molecule has 0 spiro atoms. The summed E-state index contributed by atoms with van der Waals surface area (Å²) in [4.78, 5) is 38.0. The van der Waals surface area contributed by atoms with E-state index in [1.807, 2.05) is 44.4 Å². The molecule has 8 heteroatoms. The average Bonchev–Trinajstić information content (AvgIpc) is 3.00. The first-order chi connectivity index (χ1) is 13.3. The average molecular weight is 398 g/mol. The van der Waals surface area contributed by atoms with Crippen molar-refractivity contribution in [2.24, 2.45) is 5.92 Å². The van der Waals surface area contributed by atoms with Gasteiger partial charge in [-0.25, -0.2) is 9.78 Å². The van der Waals surface area contributed by atoms with Gasteiger partial charge in [-0.1, -0.05) is 6.07 Å². The summed E-state index contributed by atoms with van der Waals surface area (Å²) >= 11 is 1.40. The first-order valence-corrected chi connectivity index (χ1v) is 10.1. The number of fused-ring (bicyclic) bond motifs is 1. The SMILES string of the molecule is CC(C)(C)OC(=O)N1CC(Cc2csc3c(=O)[nH]c(-c4ccccn4)nc23)C1. The van der Waals surface area contributed by atoms with Crippen LogP contribution in [0.25, 0.3) is 21.7 Å². The number of carbonyl (C=O) groups is 1. The van der Waals surface area contributed by atoms with Gasteiger partial charge in [-0.15, -0.1) is 11.3 Å². The third kappa shape index (κ3) is 3.77. The molecule has 1 aliphatic rings. The number of pyridine rings is 1. The van der Waals surface area contributed by atoms with E-state index in [4.69, 9.17) is 4.74 Å². The molecule has 1 N–H and O–H groups in total. The lowest BCUT2D eigenvalue weighted by Gasteiger charge is -2.39. The molecule has 0 bridgehead atoms. The molecule has 1 aliphatic heterocycles. The van der Waals surface area contributed by atoms with Crippen molar-refractivity contribution in [1.29, 1.82) is 0 Å². The van der Waals surface area contributed by atoms with Crippen molar-refractivity contribution in [1.82, 2.24) is 19.9 Å². The van der Waals surface area contributed by atoms with E-state index in [1.54, 1.807) is 11.1 Å². The van der Waals surface area contributed by atoms with Crippen LogP contribution in [0.2, 0.25) is 0 Å². The Hall–Kier alpha value is -2.74. The Kier molecular flexibility index (Phi) is 4.66. The molecule has 0 radical (unpaired) electrons. The number of aromatic nitrogens is 3. The zero-order chi connectivity index (χ0) is 19.9. The molecule has 0 unspecified atom stereocenters. The van der Waals surface area contributed by atoms with Crippen LogP contribution in [0.5, 0.6) is 0 Å². The summed E-state index contributed by atoms with van der Waals surface area (Å²) in [5.74, 6) is 0.812. The summed E-state index contributed by atoms with van der Waals surface area (Å²) in [6, 6.07) is 5.50. The monoisotopic (exact) mass is 398 g/mol. The van der Waals surface area contributed by atoms with Gasteiger partial charge in [-0.05, 0) is 56.2 Å². The van der Waals surface area contributed by atoms with Crippen molar-refractivity contribution in [3.05, 3.63) is 45.7 Å². The number of rotatable bonds is 3. The first-order valence-electron chi connectivity index (χ1n) is 9.20. The molecular weight excluding hydrogens is 376 g/mol. The van der Waals surface area contributed by atoms with Crippen LogP contribution in [0, 0.1) is 5.92 Å². The van der Waals surface area contributed by atoms with Crippen LogP contribution in [-0.2, 0) is 11.2 Å². The van der Waals surface area contributed by atoms with Crippen LogP contribution < -0.4 is 5.56 Å². The molecule has 0 aromatic carbocycles. The van der Waals surface area contributed by atoms with E-state index in [0.29, 0.717) is 35.2 Å². The van der Waals surface area contributed by atoms with Crippen molar-refractivity contribution >= 4 is 27.6 Å². The molecular formula is C20H22N4O3S. The van der Waals surface area contributed by atoms with Crippen molar-refractivity contribution in [2.45, 2.75) is 32.8 Å².